The molecule has 3 unspecified atom stereocenters. The van der Waals surface area contributed by atoms with E-state index in [2.05, 4.69) is 13.8 Å². The molecule has 0 amide bonds. The summed E-state index contributed by atoms with van der Waals surface area (Å²) in [5, 5.41) is 0.171. The standard InChI is InChI=1S/C16H27NO2S/c1-11(2)13(5)20(18)10-16(17)14-6-8-15(9-7-14)19-12(3)4/h6-9,11-13,16H,10,17H2,1-5H3. The molecule has 0 fully saturated rings. The van der Waals surface area contributed by atoms with Crippen LogP contribution in [-0.2, 0) is 10.8 Å². The van der Waals surface area contributed by atoms with Gasteiger partial charge in [0.25, 0.3) is 0 Å². The number of hydrogen-bond acceptors (Lipinski definition) is 3. The summed E-state index contributed by atoms with van der Waals surface area (Å²) in [6, 6.07) is 7.57. The zero-order valence-electron chi connectivity index (χ0n) is 13.1. The first-order valence-electron chi connectivity index (χ1n) is 7.20. The first-order chi connectivity index (χ1) is 9.31. The van der Waals surface area contributed by atoms with E-state index in [0.29, 0.717) is 11.7 Å². The van der Waals surface area contributed by atoms with Crippen molar-refractivity contribution in [1.29, 1.82) is 0 Å². The quantitative estimate of drug-likeness (QED) is 0.840. The minimum Gasteiger partial charge on any atom is -0.491 e. The van der Waals surface area contributed by atoms with Gasteiger partial charge in [-0.15, -0.1) is 0 Å². The van der Waals surface area contributed by atoms with Crippen LogP contribution in [0.5, 0.6) is 5.75 Å². The lowest BCUT2D eigenvalue weighted by atomic mass is 10.1. The van der Waals surface area contributed by atoms with E-state index >= 15 is 0 Å². The summed E-state index contributed by atoms with van der Waals surface area (Å²) < 4.78 is 17.8. The molecule has 0 saturated carbocycles. The largest absolute Gasteiger partial charge is 0.491 e. The molecular formula is C16H27NO2S. The van der Waals surface area contributed by atoms with Crippen molar-refractivity contribution < 1.29 is 8.95 Å². The Bertz CT molecular complexity index is 429. The molecule has 0 aliphatic carbocycles. The van der Waals surface area contributed by atoms with Crippen LogP contribution >= 0.6 is 0 Å². The molecule has 0 spiro atoms. The second kappa shape index (κ2) is 7.79. The third-order valence-electron chi connectivity index (χ3n) is 3.38. The Balaban J connectivity index is 2.63. The van der Waals surface area contributed by atoms with Gasteiger partial charge in [-0.25, -0.2) is 0 Å². The van der Waals surface area contributed by atoms with Crippen molar-refractivity contribution in [2.75, 3.05) is 5.75 Å². The van der Waals surface area contributed by atoms with E-state index in [9.17, 15) is 4.21 Å². The Labute approximate surface area is 125 Å². The minimum absolute atomic E-state index is 0.161. The molecule has 3 nitrogen and oxygen atoms in total. The number of nitrogens with two attached hydrogens (primary N) is 1. The molecule has 0 heterocycles. The zero-order valence-corrected chi connectivity index (χ0v) is 13.9. The Hall–Kier alpha value is -0.870. The molecule has 4 heteroatoms. The maximum Gasteiger partial charge on any atom is 0.119 e. The van der Waals surface area contributed by atoms with Crippen LogP contribution in [0.2, 0.25) is 0 Å². The first kappa shape index (κ1) is 17.2. The molecular weight excluding hydrogens is 270 g/mol. The lowest BCUT2D eigenvalue weighted by Gasteiger charge is -2.19. The normalized spacial score (nSPS) is 16.2. The van der Waals surface area contributed by atoms with E-state index in [0.717, 1.165) is 11.3 Å². The average Bonchev–Trinajstić information content (AvgIpc) is 2.37. The predicted molar refractivity (Wildman–Crippen MR) is 86.4 cm³/mol. The van der Waals surface area contributed by atoms with E-state index in [1.165, 1.54) is 0 Å². The second-order valence-electron chi connectivity index (χ2n) is 5.84. The highest BCUT2D eigenvalue weighted by molar-refractivity contribution is 7.85. The van der Waals surface area contributed by atoms with Gasteiger partial charge in [-0.1, -0.05) is 32.9 Å². The summed E-state index contributed by atoms with van der Waals surface area (Å²) >= 11 is 0. The molecule has 0 aliphatic rings. The molecule has 1 rings (SSSR count). The average molecular weight is 297 g/mol. The Morgan fingerprint density at radius 3 is 2.10 bits per heavy atom. The summed E-state index contributed by atoms with van der Waals surface area (Å²) in [7, 11) is -0.896. The van der Waals surface area contributed by atoms with Gasteiger partial charge in [0.2, 0.25) is 0 Å². The van der Waals surface area contributed by atoms with Crippen LogP contribution in [0.3, 0.4) is 0 Å². The third-order valence-corrected chi connectivity index (χ3v) is 5.44. The fourth-order valence-corrected chi connectivity index (χ4v) is 3.25. The van der Waals surface area contributed by atoms with E-state index in [1.807, 2.05) is 45.0 Å². The smallest absolute Gasteiger partial charge is 0.119 e. The van der Waals surface area contributed by atoms with Gasteiger partial charge in [0.1, 0.15) is 5.75 Å². The van der Waals surface area contributed by atoms with Crippen molar-refractivity contribution in [3.63, 3.8) is 0 Å². The van der Waals surface area contributed by atoms with Gasteiger partial charge < -0.3 is 10.5 Å². The highest BCUT2D eigenvalue weighted by Crippen LogP contribution is 2.20. The van der Waals surface area contributed by atoms with Gasteiger partial charge in [-0.2, -0.15) is 0 Å². The zero-order chi connectivity index (χ0) is 15.3. The third kappa shape index (κ3) is 5.25. The van der Waals surface area contributed by atoms with Crippen LogP contribution in [0.1, 0.15) is 46.2 Å². The van der Waals surface area contributed by atoms with E-state index in [4.69, 9.17) is 10.5 Å². The van der Waals surface area contributed by atoms with Crippen molar-refractivity contribution in [3.05, 3.63) is 29.8 Å². The Kier molecular flexibility index (Phi) is 6.69. The lowest BCUT2D eigenvalue weighted by Crippen LogP contribution is -2.26. The molecule has 0 aliphatic heterocycles. The van der Waals surface area contributed by atoms with Gasteiger partial charge in [0, 0.05) is 27.8 Å². The Morgan fingerprint density at radius 1 is 1.10 bits per heavy atom. The molecule has 3 atom stereocenters. The second-order valence-corrected chi connectivity index (χ2v) is 7.68. The maximum absolute atomic E-state index is 12.2. The summed E-state index contributed by atoms with van der Waals surface area (Å²) in [4.78, 5) is 0. The SMILES string of the molecule is CC(C)Oc1ccc(C(N)CS(=O)C(C)C(C)C)cc1. The fourth-order valence-electron chi connectivity index (χ4n) is 1.79. The topological polar surface area (TPSA) is 52.3 Å². The van der Waals surface area contributed by atoms with Crippen molar-refractivity contribution >= 4 is 10.8 Å². The van der Waals surface area contributed by atoms with Crippen molar-refractivity contribution in [2.45, 2.75) is 52.0 Å². The van der Waals surface area contributed by atoms with Crippen LogP contribution < -0.4 is 10.5 Å². The van der Waals surface area contributed by atoms with Crippen LogP contribution in [0, 0.1) is 5.92 Å². The monoisotopic (exact) mass is 297 g/mol. The summed E-state index contributed by atoms with van der Waals surface area (Å²) in [5.41, 5.74) is 7.16. The summed E-state index contributed by atoms with van der Waals surface area (Å²) in [6.07, 6.45) is 0.161. The molecule has 1 aromatic carbocycles. The van der Waals surface area contributed by atoms with Crippen LogP contribution in [-0.4, -0.2) is 21.3 Å². The van der Waals surface area contributed by atoms with Crippen molar-refractivity contribution in [3.8, 4) is 5.75 Å². The van der Waals surface area contributed by atoms with Gasteiger partial charge >= 0.3 is 0 Å². The van der Waals surface area contributed by atoms with Gasteiger partial charge in [-0.05, 0) is 37.5 Å². The maximum atomic E-state index is 12.2. The highest BCUT2D eigenvalue weighted by Gasteiger charge is 2.18. The molecule has 114 valence electrons. The van der Waals surface area contributed by atoms with Crippen LogP contribution in [0.25, 0.3) is 0 Å². The van der Waals surface area contributed by atoms with Crippen LogP contribution in [0.4, 0.5) is 0 Å². The highest BCUT2D eigenvalue weighted by atomic mass is 32.2. The molecule has 0 aromatic heterocycles. The van der Waals surface area contributed by atoms with Crippen LogP contribution in [0.15, 0.2) is 24.3 Å². The van der Waals surface area contributed by atoms with Gasteiger partial charge in [-0.3, -0.25) is 4.21 Å². The summed E-state index contributed by atoms with van der Waals surface area (Å²) in [5.74, 6) is 1.75. The van der Waals surface area contributed by atoms with Gasteiger partial charge in [0.15, 0.2) is 0 Å². The van der Waals surface area contributed by atoms with Gasteiger partial charge in [0.05, 0.1) is 6.10 Å². The molecule has 0 radical (unpaired) electrons. The molecule has 0 saturated heterocycles. The lowest BCUT2D eigenvalue weighted by molar-refractivity contribution is 0.242. The molecule has 20 heavy (non-hydrogen) atoms. The first-order valence-corrected chi connectivity index (χ1v) is 8.58. The molecule has 0 bridgehead atoms. The van der Waals surface area contributed by atoms with E-state index in [1.54, 1.807) is 0 Å². The molecule has 1 aromatic rings. The van der Waals surface area contributed by atoms with E-state index in [-0.39, 0.29) is 17.4 Å². The number of ether oxygens (including phenoxy) is 1. The number of rotatable bonds is 7. The predicted octanol–water partition coefficient (Wildman–Crippen LogP) is 3.27. The summed E-state index contributed by atoms with van der Waals surface area (Å²) in [6.45, 7) is 10.2. The molecule has 2 N–H and O–H groups in total. The van der Waals surface area contributed by atoms with Crippen molar-refractivity contribution in [2.24, 2.45) is 11.7 Å². The minimum atomic E-state index is -0.896. The Morgan fingerprint density at radius 2 is 1.65 bits per heavy atom. The number of benzene rings is 1. The number of hydrogen-bond donors (Lipinski definition) is 1. The van der Waals surface area contributed by atoms with E-state index < -0.39 is 10.8 Å². The van der Waals surface area contributed by atoms with Crippen molar-refractivity contribution in [1.82, 2.24) is 0 Å². The fraction of sp³-hybridized carbons (Fsp3) is 0.625.